The van der Waals surface area contributed by atoms with Crippen molar-refractivity contribution in [2.45, 2.75) is 19.6 Å². The Morgan fingerprint density at radius 1 is 1.14 bits per heavy atom. The van der Waals surface area contributed by atoms with Crippen molar-refractivity contribution in [3.05, 3.63) is 0 Å². The van der Waals surface area contributed by atoms with Gasteiger partial charge >= 0.3 is 0 Å². The van der Waals surface area contributed by atoms with Gasteiger partial charge in [0.25, 0.3) is 0 Å². The van der Waals surface area contributed by atoms with Crippen LogP contribution in [0.4, 0.5) is 0 Å². The van der Waals surface area contributed by atoms with Gasteiger partial charge < -0.3 is 0 Å². The monoisotopic (exact) mass is 174 g/mol. The highest BCUT2D eigenvalue weighted by molar-refractivity contribution is 7.18. The predicted octanol–water partition coefficient (Wildman–Crippen LogP) is 1.57. The molecule has 0 radical (unpaired) electrons. The number of hydrogen-bond acceptors (Lipinski definition) is 0. The summed E-state index contributed by atoms with van der Waals surface area (Å²) in [6, 6.07) is 0. The van der Waals surface area contributed by atoms with E-state index in [0.29, 0.717) is 0 Å². The summed E-state index contributed by atoms with van der Waals surface area (Å²) in [5.41, 5.74) is 0. The Labute approximate surface area is 59.0 Å². The molecule has 0 aliphatic rings. The molecule has 0 amide bonds. The van der Waals surface area contributed by atoms with Crippen molar-refractivity contribution in [1.82, 2.24) is 0 Å². The van der Waals surface area contributed by atoms with Crippen LogP contribution in [0, 0.1) is 0 Å². The van der Waals surface area contributed by atoms with E-state index < -0.39 is 7.38 Å². The molecule has 0 spiro atoms. The van der Waals surface area contributed by atoms with Crippen LogP contribution in [0.3, 0.4) is 0 Å². The van der Waals surface area contributed by atoms with Crippen molar-refractivity contribution in [3.63, 3.8) is 0 Å². The predicted molar refractivity (Wildman–Crippen MR) is 45.0 cm³/mol. The summed E-state index contributed by atoms with van der Waals surface area (Å²) in [4.78, 5) is 0. The lowest BCUT2D eigenvalue weighted by molar-refractivity contribution is 1.87. The third-order valence-electron chi connectivity index (χ3n) is 0. The number of halogens is 2. The Hall–Kier alpha value is 1.01. The largest absolute Gasteiger partial charge is 0.181 e. The average molecular weight is 175 g/mol. The van der Waals surface area contributed by atoms with Gasteiger partial charge in [-0.25, -0.2) is 0 Å². The summed E-state index contributed by atoms with van der Waals surface area (Å²) >= 11 is 10.4. The van der Waals surface area contributed by atoms with E-state index in [-0.39, 0.29) is 0 Å². The van der Waals surface area contributed by atoms with Gasteiger partial charge in [-0.3, -0.25) is 0 Å². The van der Waals surface area contributed by atoms with Crippen molar-refractivity contribution in [3.8, 4) is 0 Å². The first-order chi connectivity index (χ1) is 3.00. The molecule has 0 unspecified atom stereocenters. The van der Waals surface area contributed by atoms with Crippen LogP contribution in [0.5, 0.6) is 0 Å². The second-order valence-electron chi connectivity index (χ2n) is 2.07. The van der Waals surface area contributed by atoms with Crippen molar-refractivity contribution in [2.24, 2.45) is 0 Å². The van der Waals surface area contributed by atoms with Crippen LogP contribution >= 0.6 is 22.2 Å². The Morgan fingerprint density at radius 2 is 1.14 bits per heavy atom. The van der Waals surface area contributed by atoms with E-state index in [4.69, 9.17) is 22.2 Å². The molecule has 46 valence electrons. The van der Waals surface area contributed by atoms with Crippen LogP contribution in [0.1, 0.15) is 0 Å². The van der Waals surface area contributed by atoms with Crippen molar-refractivity contribution < 1.29 is 0 Å². The Bertz CT molecular complexity index is 26.4. The molecule has 4 heteroatoms. The van der Waals surface area contributed by atoms with Crippen molar-refractivity contribution >= 4 is 39.1 Å². The fraction of sp³-hybridized carbons (Fsp3) is 1.00. The highest BCUT2D eigenvalue weighted by Crippen LogP contribution is 2.03. The summed E-state index contributed by atoms with van der Waals surface area (Å²) in [5.74, 6) is 0. The molecular formula is C3H12Cl2Si2. The molecule has 0 aromatic rings. The van der Waals surface area contributed by atoms with Gasteiger partial charge in [0.05, 0.1) is 0 Å². The molecule has 0 saturated heterocycles. The lowest BCUT2D eigenvalue weighted by Crippen LogP contribution is -2.06. The zero-order chi connectivity index (χ0) is 6.50. The highest BCUT2D eigenvalue weighted by Gasteiger charge is 2.04. The fourth-order valence-electron chi connectivity index (χ4n) is 0. The molecule has 0 bridgehead atoms. The standard InChI is InChI=1S/C3H9ClSi.ClH3Si/c1-5(2,3)4;1-2/h1-3H3;2H3. The van der Waals surface area contributed by atoms with Gasteiger partial charge in [0, 0.05) is 0 Å². The quantitative estimate of drug-likeness (QED) is 0.387. The molecule has 0 nitrogen and oxygen atoms in total. The van der Waals surface area contributed by atoms with E-state index in [9.17, 15) is 0 Å². The van der Waals surface area contributed by atoms with Gasteiger partial charge in [-0.15, -0.1) is 0 Å². The maximum absolute atomic E-state index is 5.67. The topological polar surface area (TPSA) is 0 Å². The first kappa shape index (κ1) is 10.9. The molecular weight excluding hydrogens is 163 g/mol. The molecule has 0 saturated carbocycles. The second kappa shape index (κ2) is 5.16. The number of rotatable bonds is 0. The third-order valence-corrected chi connectivity index (χ3v) is 0. The molecule has 0 heterocycles. The van der Waals surface area contributed by atoms with Crippen molar-refractivity contribution in [2.75, 3.05) is 0 Å². The van der Waals surface area contributed by atoms with E-state index in [1.165, 1.54) is 0 Å². The summed E-state index contributed by atoms with van der Waals surface area (Å²) in [5, 5.41) is 0. The van der Waals surface area contributed by atoms with Crippen LogP contribution in [0.15, 0.2) is 0 Å². The lowest BCUT2D eigenvalue weighted by Gasteiger charge is -1.97. The molecule has 0 rings (SSSR count). The minimum absolute atomic E-state index is 0.778. The molecule has 0 aromatic heterocycles. The molecule has 0 atom stereocenters. The van der Waals surface area contributed by atoms with E-state index in [2.05, 4.69) is 19.6 Å². The van der Waals surface area contributed by atoms with Crippen LogP contribution in [0.2, 0.25) is 19.6 Å². The van der Waals surface area contributed by atoms with Gasteiger partial charge in [0.15, 0.2) is 0 Å². The third kappa shape index (κ3) is 172. The summed E-state index contributed by atoms with van der Waals surface area (Å²) in [6.45, 7) is 6.28. The maximum Gasteiger partial charge on any atom is 0.147 e. The summed E-state index contributed by atoms with van der Waals surface area (Å²) < 4.78 is 0. The molecule has 0 aliphatic carbocycles. The van der Waals surface area contributed by atoms with E-state index in [1.54, 1.807) is 0 Å². The normalized spacial score (nSPS) is 9.86. The van der Waals surface area contributed by atoms with Gasteiger partial charge in [0.1, 0.15) is 16.9 Å². The van der Waals surface area contributed by atoms with Gasteiger partial charge in [0.2, 0.25) is 0 Å². The van der Waals surface area contributed by atoms with E-state index in [0.717, 1.165) is 9.55 Å². The first-order valence-corrected chi connectivity index (χ1v) is 9.60. The van der Waals surface area contributed by atoms with E-state index >= 15 is 0 Å². The zero-order valence-electron chi connectivity index (χ0n) is 5.26. The smallest absolute Gasteiger partial charge is 0.147 e. The first-order valence-electron chi connectivity index (χ1n) is 2.07. The van der Waals surface area contributed by atoms with Crippen LogP contribution in [-0.4, -0.2) is 16.9 Å². The lowest BCUT2D eigenvalue weighted by atomic mass is 11.8. The summed E-state index contributed by atoms with van der Waals surface area (Å²) in [7, 11) is -0.361. The summed E-state index contributed by atoms with van der Waals surface area (Å²) in [6.07, 6.45) is 0. The van der Waals surface area contributed by atoms with Gasteiger partial charge in [-0.2, -0.15) is 22.2 Å². The fourth-order valence-corrected chi connectivity index (χ4v) is 0. The Balaban J connectivity index is 0. The van der Waals surface area contributed by atoms with E-state index in [1.807, 2.05) is 0 Å². The maximum atomic E-state index is 5.67. The van der Waals surface area contributed by atoms with Gasteiger partial charge in [-0.05, 0) is 0 Å². The Morgan fingerprint density at radius 3 is 1.14 bits per heavy atom. The van der Waals surface area contributed by atoms with Gasteiger partial charge in [-0.1, -0.05) is 19.6 Å². The minimum atomic E-state index is -1.14. The average Bonchev–Trinajstić information content (AvgIpc) is 1.36. The zero-order valence-corrected chi connectivity index (χ0v) is 9.77. The molecule has 0 aromatic carbocycles. The van der Waals surface area contributed by atoms with Crippen LogP contribution in [0.25, 0.3) is 0 Å². The molecule has 0 fully saturated rings. The Kier molecular flexibility index (Phi) is 8.03. The molecule has 0 aliphatic heterocycles. The van der Waals surface area contributed by atoms with Crippen LogP contribution in [-0.2, 0) is 0 Å². The SMILES string of the molecule is C[Si](C)(C)Cl.[SiH3]Cl. The molecule has 0 N–H and O–H groups in total. The second-order valence-corrected chi connectivity index (χ2v) is 9.60. The van der Waals surface area contributed by atoms with Crippen LogP contribution < -0.4 is 0 Å². The minimum Gasteiger partial charge on any atom is -0.181 e. The highest BCUT2D eigenvalue weighted by atomic mass is 35.6. The number of hydrogen-bond donors (Lipinski definition) is 0. The van der Waals surface area contributed by atoms with Crippen molar-refractivity contribution in [1.29, 1.82) is 0 Å². The molecule has 7 heavy (non-hydrogen) atoms.